The van der Waals surface area contributed by atoms with E-state index in [1.54, 1.807) is 18.3 Å². The lowest BCUT2D eigenvalue weighted by Gasteiger charge is -2.35. The molecule has 1 aromatic heterocycles. The Labute approximate surface area is 130 Å². The van der Waals surface area contributed by atoms with E-state index in [4.69, 9.17) is 5.26 Å². The van der Waals surface area contributed by atoms with Gasteiger partial charge in [-0.15, -0.1) is 0 Å². The zero-order chi connectivity index (χ0) is 15.4. The number of hydrogen-bond donors (Lipinski definition) is 1. The van der Waals surface area contributed by atoms with Gasteiger partial charge < -0.3 is 10.2 Å². The molecule has 22 heavy (non-hydrogen) atoms. The summed E-state index contributed by atoms with van der Waals surface area (Å²) in [7, 11) is 0. The van der Waals surface area contributed by atoms with Crippen molar-refractivity contribution in [2.45, 2.75) is 12.8 Å². The molecule has 1 saturated carbocycles. The summed E-state index contributed by atoms with van der Waals surface area (Å²) in [5, 5.41) is 12.2. The van der Waals surface area contributed by atoms with Gasteiger partial charge in [-0.25, -0.2) is 4.98 Å². The lowest BCUT2D eigenvalue weighted by Crippen LogP contribution is -2.50. The van der Waals surface area contributed by atoms with Gasteiger partial charge in [-0.05, 0) is 30.9 Å². The van der Waals surface area contributed by atoms with Crippen LogP contribution in [0.5, 0.6) is 0 Å². The zero-order valence-corrected chi connectivity index (χ0v) is 12.7. The first-order valence-corrected chi connectivity index (χ1v) is 7.85. The van der Waals surface area contributed by atoms with Crippen molar-refractivity contribution in [1.29, 1.82) is 5.26 Å². The summed E-state index contributed by atoms with van der Waals surface area (Å²) < 4.78 is 0. The summed E-state index contributed by atoms with van der Waals surface area (Å²) >= 11 is 0. The molecule has 1 saturated heterocycles. The zero-order valence-electron chi connectivity index (χ0n) is 12.7. The van der Waals surface area contributed by atoms with Crippen molar-refractivity contribution >= 4 is 11.7 Å². The minimum Gasteiger partial charge on any atom is -0.355 e. The van der Waals surface area contributed by atoms with Gasteiger partial charge in [-0.3, -0.25) is 9.69 Å². The van der Waals surface area contributed by atoms with Crippen molar-refractivity contribution in [1.82, 2.24) is 15.2 Å². The number of nitrogens with zero attached hydrogens (tertiary/aromatic N) is 4. The largest absolute Gasteiger partial charge is 0.355 e. The number of aromatic nitrogens is 1. The van der Waals surface area contributed by atoms with Crippen molar-refractivity contribution in [3.63, 3.8) is 0 Å². The standard InChI is InChI=1S/C16H21N5O/c17-10-14-2-1-5-18-16(14)21-8-6-20(7-9-21)12-15(22)19-11-13-3-4-13/h1-2,5,13H,3-4,6-9,11-12H2,(H,19,22). The second-order valence-electron chi connectivity index (χ2n) is 6.00. The number of carbonyl (C=O) groups excluding carboxylic acids is 1. The monoisotopic (exact) mass is 299 g/mol. The Morgan fingerprint density at radius 1 is 1.36 bits per heavy atom. The Morgan fingerprint density at radius 3 is 2.82 bits per heavy atom. The first kappa shape index (κ1) is 14.8. The topological polar surface area (TPSA) is 72.3 Å². The van der Waals surface area contributed by atoms with Crippen LogP contribution in [0.4, 0.5) is 5.82 Å². The van der Waals surface area contributed by atoms with Gasteiger partial charge >= 0.3 is 0 Å². The normalized spacial score (nSPS) is 18.8. The molecule has 1 aliphatic carbocycles. The Balaban J connectivity index is 1.47. The average Bonchev–Trinajstić information content (AvgIpc) is 3.38. The minimum absolute atomic E-state index is 0.121. The van der Waals surface area contributed by atoms with E-state index in [0.717, 1.165) is 38.5 Å². The van der Waals surface area contributed by atoms with Gasteiger partial charge in [0, 0.05) is 38.9 Å². The van der Waals surface area contributed by atoms with Gasteiger partial charge in [0.25, 0.3) is 0 Å². The Bertz CT molecular complexity index is 570. The van der Waals surface area contributed by atoms with Crippen LogP contribution in [0, 0.1) is 17.2 Å². The lowest BCUT2D eigenvalue weighted by atomic mass is 10.2. The van der Waals surface area contributed by atoms with Gasteiger partial charge in [0.15, 0.2) is 0 Å². The quantitative estimate of drug-likeness (QED) is 0.862. The lowest BCUT2D eigenvalue weighted by molar-refractivity contribution is -0.122. The molecule has 6 nitrogen and oxygen atoms in total. The number of nitriles is 1. The molecule has 0 spiro atoms. The molecule has 1 aromatic rings. The van der Waals surface area contributed by atoms with Crippen molar-refractivity contribution in [3.8, 4) is 6.07 Å². The molecule has 1 N–H and O–H groups in total. The second-order valence-corrected chi connectivity index (χ2v) is 6.00. The van der Waals surface area contributed by atoms with Crippen molar-refractivity contribution in [2.24, 2.45) is 5.92 Å². The fourth-order valence-electron chi connectivity index (χ4n) is 2.69. The first-order valence-electron chi connectivity index (χ1n) is 7.85. The van der Waals surface area contributed by atoms with Gasteiger partial charge in [0.1, 0.15) is 11.9 Å². The highest BCUT2D eigenvalue weighted by Crippen LogP contribution is 2.27. The fraction of sp³-hybridized carbons (Fsp3) is 0.562. The number of piperazine rings is 1. The number of pyridine rings is 1. The van der Waals surface area contributed by atoms with E-state index in [9.17, 15) is 4.79 Å². The summed E-state index contributed by atoms with van der Waals surface area (Å²) in [5.74, 6) is 1.59. The second kappa shape index (κ2) is 6.75. The van der Waals surface area contributed by atoms with Crippen LogP contribution in [0.1, 0.15) is 18.4 Å². The van der Waals surface area contributed by atoms with Crippen LogP contribution in [-0.4, -0.2) is 55.1 Å². The van der Waals surface area contributed by atoms with Crippen LogP contribution >= 0.6 is 0 Å². The molecular weight excluding hydrogens is 278 g/mol. The van der Waals surface area contributed by atoms with E-state index in [0.29, 0.717) is 18.0 Å². The summed E-state index contributed by atoms with van der Waals surface area (Å²) in [6, 6.07) is 5.76. The number of amides is 1. The van der Waals surface area contributed by atoms with E-state index < -0.39 is 0 Å². The van der Waals surface area contributed by atoms with Crippen molar-refractivity contribution < 1.29 is 4.79 Å². The number of anilines is 1. The predicted octanol–water partition coefficient (Wildman–Crippen LogP) is 0.601. The van der Waals surface area contributed by atoms with Crippen LogP contribution in [0.25, 0.3) is 0 Å². The van der Waals surface area contributed by atoms with Gasteiger partial charge in [0.05, 0.1) is 12.1 Å². The number of rotatable bonds is 5. The van der Waals surface area contributed by atoms with E-state index >= 15 is 0 Å². The smallest absolute Gasteiger partial charge is 0.234 e. The SMILES string of the molecule is N#Cc1cccnc1N1CCN(CC(=O)NCC2CC2)CC1. The summed E-state index contributed by atoms with van der Waals surface area (Å²) in [6.45, 7) is 4.52. The third kappa shape index (κ3) is 3.74. The van der Waals surface area contributed by atoms with E-state index in [2.05, 4.69) is 26.2 Å². The molecule has 3 rings (SSSR count). The molecule has 2 aliphatic rings. The molecule has 6 heteroatoms. The summed E-state index contributed by atoms with van der Waals surface area (Å²) in [6.07, 6.45) is 4.22. The molecule has 0 atom stereocenters. The molecule has 2 fully saturated rings. The van der Waals surface area contributed by atoms with E-state index in [1.165, 1.54) is 12.8 Å². The van der Waals surface area contributed by atoms with Gasteiger partial charge in [-0.1, -0.05) is 0 Å². The Hall–Kier alpha value is -2.13. The van der Waals surface area contributed by atoms with Crippen LogP contribution in [-0.2, 0) is 4.79 Å². The number of hydrogen-bond acceptors (Lipinski definition) is 5. The maximum atomic E-state index is 11.9. The molecule has 2 heterocycles. The Kier molecular flexibility index (Phi) is 4.54. The third-order valence-corrected chi connectivity index (χ3v) is 4.23. The molecule has 116 valence electrons. The highest BCUT2D eigenvalue weighted by atomic mass is 16.2. The highest BCUT2D eigenvalue weighted by Gasteiger charge is 2.24. The highest BCUT2D eigenvalue weighted by molar-refractivity contribution is 5.78. The third-order valence-electron chi connectivity index (χ3n) is 4.23. The van der Waals surface area contributed by atoms with E-state index in [-0.39, 0.29) is 5.91 Å². The van der Waals surface area contributed by atoms with Crippen LogP contribution in [0.3, 0.4) is 0 Å². The van der Waals surface area contributed by atoms with Gasteiger partial charge in [0.2, 0.25) is 5.91 Å². The average molecular weight is 299 g/mol. The fourth-order valence-corrected chi connectivity index (χ4v) is 2.69. The Morgan fingerprint density at radius 2 is 2.14 bits per heavy atom. The molecular formula is C16H21N5O. The van der Waals surface area contributed by atoms with Crippen LogP contribution in [0.2, 0.25) is 0 Å². The summed E-state index contributed by atoms with van der Waals surface area (Å²) in [4.78, 5) is 20.5. The molecule has 0 bridgehead atoms. The van der Waals surface area contributed by atoms with Crippen molar-refractivity contribution in [3.05, 3.63) is 23.9 Å². The van der Waals surface area contributed by atoms with Crippen LogP contribution in [0.15, 0.2) is 18.3 Å². The van der Waals surface area contributed by atoms with E-state index in [1.807, 2.05) is 0 Å². The maximum Gasteiger partial charge on any atom is 0.234 e. The van der Waals surface area contributed by atoms with Crippen LogP contribution < -0.4 is 10.2 Å². The molecule has 0 aromatic carbocycles. The maximum absolute atomic E-state index is 11.9. The first-order chi connectivity index (χ1) is 10.8. The molecule has 1 amide bonds. The van der Waals surface area contributed by atoms with Crippen molar-refractivity contribution in [2.75, 3.05) is 44.2 Å². The van der Waals surface area contributed by atoms with Gasteiger partial charge in [-0.2, -0.15) is 5.26 Å². The molecule has 0 unspecified atom stereocenters. The number of carbonyl (C=O) groups is 1. The summed E-state index contributed by atoms with van der Waals surface area (Å²) in [5.41, 5.74) is 0.609. The predicted molar refractivity (Wildman–Crippen MR) is 83.3 cm³/mol. The molecule has 1 aliphatic heterocycles. The molecule has 0 radical (unpaired) electrons. The number of nitrogens with one attached hydrogen (secondary N) is 1. The minimum atomic E-state index is 0.121.